The second-order valence-corrected chi connectivity index (χ2v) is 6.29. The van der Waals surface area contributed by atoms with E-state index < -0.39 is 17.7 Å². The van der Waals surface area contributed by atoms with Crippen LogP contribution < -0.4 is 4.74 Å². The number of hydrogen-bond acceptors (Lipinski definition) is 4. The van der Waals surface area contributed by atoms with E-state index in [-0.39, 0.29) is 6.61 Å². The van der Waals surface area contributed by atoms with Gasteiger partial charge in [-0.1, -0.05) is 19.1 Å². The molecule has 0 N–H and O–H groups in total. The largest absolute Gasteiger partial charge is 0.489 e. The number of methoxy groups -OCH3 is 1. The Morgan fingerprint density at radius 1 is 1.03 bits per heavy atom. The van der Waals surface area contributed by atoms with Gasteiger partial charge >= 0.3 is 12.1 Å². The normalized spacial score (nSPS) is 11.3. The minimum Gasteiger partial charge on any atom is -0.489 e. The van der Waals surface area contributed by atoms with E-state index in [1.165, 1.54) is 19.2 Å². The summed E-state index contributed by atoms with van der Waals surface area (Å²) in [5, 5.41) is 0. The van der Waals surface area contributed by atoms with Gasteiger partial charge in [-0.2, -0.15) is 13.2 Å². The fourth-order valence-corrected chi connectivity index (χ4v) is 2.82. The van der Waals surface area contributed by atoms with Crippen molar-refractivity contribution in [2.24, 2.45) is 0 Å². The number of halogens is 3. The molecule has 0 aliphatic rings. The molecule has 0 atom stereocenters. The smallest absolute Gasteiger partial charge is 0.416 e. The third kappa shape index (κ3) is 4.80. The van der Waals surface area contributed by atoms with Crippen molar-refractivity contribution < 1.29 is 31.9 Å². The summed E-state index contributed by atoms with van der Waals surface area (Å²) in [5.41, 5.74) is 1.07. The van der Waals surface area contributed by atoms with Crippen molar-refractivity contribution in [1.82, 2.24) is 0 Å². The Labute approximate surface area is 165 Å². The van der Waals surface area contributed by atoms with Crippen LogP contribution in [-0.2, 0) is 23.9 Å². The molecule has 0 radical (unpaired) electrons. The highest BCUT2D eigenvalue weighted by molar-refractivity contribution is 5.89. The summed E-state index contributed by atoms with van der Waals surface area (Å²) < 4.78 is 54.4. The van der Waals surface area contributed by atoms with Gasteiger partial charge in [-0.3, -0.25) is 0 Å². The van der Waals surface area contributed by atoms with Crippen molar-refractivity contribution in [1.29, 1.82) is 0 Å². The Morgan fingerprint density at radius 2 is 1.69 bits per heavy atom. The van der Waals surface area contributed by atoms with E-state index in [0.29, 0.717) is 34.8 Å². The second kappa shape index (κ2) is 8.43. The molecule has 0 unspecified atom stereocenters. The zero-order valence-electron chi connectivity index (χ0n) is 15.9. The number of benzene rings is 2. The molecule has 29 heavy (non-hydrogen) atoms. The molecule has 7 heteroatoms. The summed E-state index contributed by atoms with van der Waals surface area (Å²) in [5.74, 6) is 1.32. The number of hydrogen-bond donors (Lipinski definition) is 0. The molecule has 0 aliphatic heterocycles. The lowest BCUT2D eigenvalue weighted by molar-refractivity contribution is -0.137. The number of furan rings is 1. The Kier molecular flexibility index (Phi) is 5.96. The molecule has 0 fully saturated rings. The second-order valence-electron chi connectivity index (χ2n) is 6.29. The van der Waals surface area contributed by atoms with Crippen LogP contribution in [0, 0.1) is 0 Å². The SMILES string of the molecule is CCc1oc(-c2ccc(C(F)(F)F)cc2)cc1COc1ccc(C(=O)OC)cc1. The van der Waals surface area contributed by atoms with E-state index >= 15 is 0 Å². The third-order valence-electron chi connectivity index (χ3n) is 4.38. The summed E-state index contributed by atoms with van der Waals surface area (Å²) in [4.78, 5) is 11.5. The highest BCUT2D eigenvalue weighted by Crippen LogP contribution is 2.32. The lowest BCUT2D eigenvalue weighted by Gasteiger charge is -2.06. The highest BCUT2D eigenvalue weighted by atomic mass is 19.4. The standard InChI is InChI=1S/C22H19F3O4/c1-3-19-16(13-28-18-10-6-15(7-11-18)21(26)27-2)12-20(29-19)14-4-8-17(9-5-14)22(23,24)25/h4-12H,3,13H2,1-2H3. The van der Waals surface area contributed by atoms with Gasteiger partial charge in [0, 0.05) is 17.5 Å². The van der Waals surface area contributed by atoms with Crippen molar-refractivity contribution in [2.45, 2.75) is 26.1 Å². The zero-order chi connectivity index (χ0) is 21.0. The number of carbonyl (C=O) groups is 1. The number of carbonyl (C=O) groups excluding carboxylic acids is 1. The van der Waals surface area contributed by atoms with E-state index in [0.717, 1.165) is 17.7 Å². The van der Waals surface area contributed by atoms with Crippen LogP contribution in [-0.4, -0.2) is 13.1 Å². The van der Waals surface area contributed by atoms with Crippen LogP contribution in [0.15, 0.2) is 59.0 Å². The van der Waals surface area contributed by atoms with Gasteiger partial charge < -0.3 is 13.9 Å². The Morgan fingerprint density at radius 3 is 2.24 bits per heavy atom. The Bertz CT molecular complexity index is 971. The molecule has 0 saturated heterocycles. The molecular formula is C22H19F3O4. The lowest BCUT2D eigenvalue weighted by atomic mass is 10.1. The summed E-state index contributed by atoms with van der Waals surface area (Å²) in [6.07, 6.45) is -3.76. The fraction of sp³-hybridized carbons (Fsp3) is 0.227. The maximum Gasteiger partial charge on any atom is 0.416 e. The van der Waals surface area contributed by atoms with Crippen LogP contribution >= 0.6 is 0 Å². The van der Waals surface area contributed by atoms with E-state index in [2.05, 4.69) is 4.74 Å². The Hall–Kier alpha value is -3.22. The fourth-order valence-electron chi connectivity index (χ4n) is 2.82. The molecule has 4 nitrogen and oxygen atoms in total. The maximum atomic E-state index is 12.7. The summed E-state index contributed by atoms with van der Waals surface area (Å²) in [6.45, 7) is 2.15. The first-order valence-electron chi connectivity index (χ1n) is 8.92. The van der Waals surface area contributed by atoms with Gasteiger partial charge in [0.25, 0.3) is 0 Å². The molecule has 1 heterocycles. The number of aryl methyl sites for hydroxylation is 1. The maximum absolute atomic E-state index is 12.7. The molecule has 0 spiro atoms. The third-order valence-corrected chi connectivity index (χ3v) is 4.38. The first-order valence-corrected chi connectivity index (χ1v) is 8.92. The van der Waals surface area contributed by atoms with Gasteiger partial charge in [0.1, 0.15) is 23.9 Å². The topological polar surface area (TPSA) is 48.7 Å². The molecule has 152 valence electrons. The minimum absolute atomic E-state index is 0.227. The van der Waals surface area contributed by atoms with Crippen LogP contribution in [0.2, 0.25) is 0 Å². The van der Waals surface area contributed by atoms with Crippen LogP contribution in [0.5, 0.6) is 5.75 Å². The van der Waals surface area contributed by atoms with E-state index in [9.17, 15) is 18.0 Å². The summed E-state index contributed by atoms with van der Waals surface area (Å²) in [6, 6.07) is 13.1. The number of alkyl halides is 3. The quantitative estimate of drug-likeness (QED) is 0.481. The van der Waals surface area contributed by atoms with E-state index in [1.54, 1.807) is 30.3 Å². The van der Waals surface area contributed by atoms with Crippen LogP contribution in [0.4, 0.5) is 13.2 Å². The molecule has 0 bridgehead atoms. The van der Waals surface area contributed by atoms with Gasteiger partial charge in [0.15, 0.2) is 0 Å². The Balaban J connectivity index is 1.74. The predicted molar refractivity (Wildman–Crippen MR) is 101 cm³/mol. The van der Waals surface area contributed by atoms with Crippen molar-refractivity contribution in [2.75, 3.05) is 7.11 Å². The van der Waals surface area contributed by atoms with Crippen molar-refractivity contribution >= 4 is 5.97 Å². The zero-order valence-corrected chi connectivity index (χ0v) is 15.9. The van der Waals surface area contributed by atoms with Gasteiger partial charge in [-0.15, -0.1) is 0 Å². The van der Waals surface area contributed by atoms with Crippen molar-refractivity contribution in [3.8, 4) is 17.1 Å². The molecule has 1 aromatic heterocycles. The first-order chi connectivity index (χ1) is 13.8. The van der Waals surface area contributed by atoms with E-state index in [4.69, 9.17) is 9.15 Å². The first kappa shape index (κ1) is 20.5. The number of rotatable bonds is 6. The highest BCUT2D eigenvalue weighted by Gasteiger charge is 2.30. The van der Waals surface area contributed by atoms with Gasteiger partial charge in [0.2, 0.25) is 0 Å². The molecule has 0 saturated carbocycles. The molecule has 3 aromatic rings. The number of esters is 1. The van der Waals surface area contributed by atoms with Crippen LogP contribution in [0.3, 0.4) is 0 Å². The monoisotopic (exact) mass is 404 g/mol. The average Bonchev–Trinajstić information content (AvgIpc) is 3.15. The van der Waals surface area contributed by atoms with Crippen LogP contribution in [0.25, 0.3) is 11.3 Å². The average molecular weight is 404 g/mol. The molecular weight excluding hydrogens is 385 g/mol. The van der Waals surface area contributed by atoms with Crippen LogP contribution in [0.1, 0.15) is 34.2 Å². The molecule has 0 amide bonds. The lowest BCUT2D eigenvalue weighted by Crippen LogP contribution is -2.03. The number of ether oxygens (including phenoxy) is 2. The van der Waals surface area contributed by atoms with Crippen molar-refractivity contribution in [3.63, 3.8) is 0 Å². The van der Waals surface area contributed by atoms with Crippen molar-refractivity contribution in [3.05, 3.63) is 77.0 Å². The molecule has 0 aliphatic carbocycles. The summed E-state index contributed by atoms with van der Waals surface area (Å²) >= 11 is 0. The van der Waals surface area contributed by atoms with Gasteiger partial charge in [-0.25, -0.2) is 4.79 Å². The molecule has 2 aromatic carbocycles. The van der Waals surface area contributed by atoms with Gasteiger partial charge in [-0.05, 0) is 42.5 Å². The summed E-state index contributed by atoms with van der Waals surface area (Å²) in [7, 11) is 1.31. The predicted octanol–water partition coefficient (Wildman–Crippen LogP) is 5.89. The van der Waals surface area contributed by atoms with Gasteiger partial charge in [0.05, 0.1) is 18.2 Å². The molecule has 3 rings (SSSR count). The minimum atomic E-state index is -4.38. The van der Waals surface area contributed by atoms with E-state index in [1.807, 2.05) is 6.92 Å².